The number of aryl methyl sites for hydroxylation is 1. The molecule has 1 nitrogen and oxygen atoms in total. The van der Waals surface area contributed by atoms with Gasteiger partial charge in [-0.25, -0.2) is 8.78 Å². The molecule has 0 heterocycles. The van der Waals surface area contributed by atoms with E-state index in [1.54, 1.807) is 0 Å². The molecular formula is C17H16F2O. The van der Waals surface area contributed by atoms with Crippen molar-refractivity contribution in [3.8, 4) is 0 Å². The van der Waals surface area contributed by atoms with Gasteiger partial charge in [0.05, 0.1) is 11.7 Å². The van der Waals surface area contributed by atoms with Crippen LogP contribution in [0.5, 0.6) is 0 Å². The topological polar surface area (TPSA) is 20.2 Å². The maximum Gasteiger partial charge on any atom is 0.131 e. The Morgan fingerprint density at radius 2 is 1.60 bits per heavy atom. The summed E-state index contributed by atoms with van der Waals surface area (Å²) >= 11 is 0. The molecule has 0 aliphatic heterocycles. The molecule has 2 atom stereocenters. The van der Waals surface area contributed by atoms with Gasteiger partial charge in [0, 0.05) is 0 Å². The lowest BCUT2D eigenvalue weighted by molar-refractivity contribution is 0.0921. The zero-order chi connectivity index (χ0) is 14.1. The molecule has 2 unspecified atom stereocenters. The fourth-order valence-electron chi connectivity index (χ4n) is 3.02. The van der Waals surface area contributed by atoms with Crippen molar-refractivity contribution in [1.29, 1.82) is 0 Å². The molecule has 0 saturated heterocycles. The molecule has 1 aliphatic carbocycles. The van der Waals surface area contributed by atoms with Crippen LogP contribution in [0.25, 0.3) is 0 Å². The Morgan fingerprint density at radius 3 is 2.30 bits per heavy atom. The number of fused-ring (bicyclic) bond motifs is 1. The second-order valence-corrected chi connectivity index (χ2v) is 5.35. The van der Waals surface area contributed by atoms with Crippen molar-refractivity contribution in [1.82, 2.24) is 0 Å². The summed E-state index contributed by atoms with van der Waals surface area (Å²) in [5.74, 6) is -1.48. The fraction of sp³-hybridized carbons (Fsp3) is 0.294. The Kier molecular flexibility index (Phi) is 3.53. The van der Waals surface area contributed by atoms with Crippen molar-refractivity contribution in [3.63, 3.8) is 0 Å². The first kappa shape index (κ1) is 13.3. The van der Waals surface area contributed by atoms with Crippen molar-refractivity contribution < 1.29 is 13.9 Å². The van der Waals surface area contributed by atoms with Crippen LogP contribution in [0.1, 0.15) is 29.2 Å². The average Bonchev–Trinajstić information content (AvgIpc) is 2.46. The molecule has 1 N–H and O–H groups in total. The Labute approximate surface area is 116 Å². The Hall–Kier alpha value is -1.74. The number of hydrogen-bond acceptors (Lipinski definition) is 1. The smallest absolute Gasteiger partial charge is 0.131 e. The third-order valence-corrected chi connectivity index (χ3v) is 4.13. The largest absolute Gasteiger partial charge is 0.388 e. The van der Waals surface area contributed by atoms with Gasteiger partial charge in [-0.2, -0.15) is 0 Å². The highest BCUT2D eigenvalue weighted by atomic mass is 19.1. The first-order valence-corrected chi connectivity index (χ1v) is 6.85. The zero-order valence-electron chi connectivity index (χ0n) is 11.0. The van der Waals surface area contributed by atoms with Gasteiger partial charge < -0.3 is 5.11 Å². The van der Waals surface area contributed by atoms with Crippen LogP contribution in [0.2, 0.25) is 0 Å². The van der Waals surface area contributed by atoms with Gasteiger partial charge in [0.25, 0.3) is 0 Å². The van der Waals surface area contributed by atoms with Crippen LogP contribution in [0.3, 0.4) is 0 Å². The summed E-state index contributed by atoms with van der Waals surface area (Å²) in [7, 11) is 0. The monoisotopic (exact) mass is 274 g/mol. The quantitative estimate of drug-likeness (QED) is 0.883. The van der Waals surface area contributed by atoms with E-state index in [1.807, 2.05) is 18.2 Å². The van der Waals surface area contributed by atoms with Crippen LogP contribution >= 0.6 is 0 Å². The van der Waals surface area contributed by atoms with Crippen molar-refractivity contribution >= 4 is 0 Å². The lowest BCUT2D eigenvalue weighted by Gasteiger charge is -2.29. The van der Waals surface area contributed by atoms with Gasteiger partial charge >= 0.3 is 0 Å². The normalized spacial score (nSPS) is 19.4. The summed E-state index contributed by atoms with van der Waals surface area (Å²) in [6, 6.07) is 11.7. The van der Waals surface area contributed by atoms with Gasteiger partial charge in [-0.05, 0) is 48.4 Å². The first-order valence-electron chi connectivity index (χ1n) is 6.85. The third-order valence-electron chi connectivity index (χ3n) is 4.13. The minimum atomic E-state index is -1.09. The van der Waals surface area contributed by atoms with E-state index >= 15 is 0 Å². The second kappa shape index (κ2) is 5.33. The molecule has 3 heteroatoms. The van der Waals surface area contributed by atoms with E-state index in [1.165, 1.54) is 29.3 Å². The summed E-state index contributed by atoms with van der Waals surface area (Å²) in [6.07, 6.45) is 1.15. The van der Waals surface area contributed by atoms with Crippen molar-refractivity contribution in [2.75, 3.05) is 0 Å². The Balaban J connectivity index is 1.88. The predicted octanol–water partition coefficient (Wildman–Crippen LogP) is 3.80. The third kappa shape index (κ3) is 2.34. The number of halogens is 2. The SMILES string of the molecule is OC(c1c(F)cccc1F)C1CCc2ccccc2C1. The molecule has 104 valence electrons. The average molecular weight is 274 g/mol. The van der Waals surface area contributed by atoms with Gasteiger partial charge in [-0.15, -0.1) is 0 Å². The van der Waals surface area contributed by atoms with E-state index < -0.39 is 17.7 Å². The van der Waals surface area contributed by atoms with Crippen LogP contribution in [0, 0.1) is 17.6 Å². The summed E-state index contributed by atoms with van der Waals surface area (Å²) in [5.41, 5.74) is 2.24. The van der Waals surface area contributed by atoms with Crippen LogP contribution in [-0.4, -0.2) is 5.11 Å². The van der Waals surface area contributed by atoms with Crippen LogP contribution in [0.15, 0.2) is 42.5 Å². The maximum absolute atomic E-state index is 13.8. The molecule has 0 spiro atoms. The Morgan fingerprint density at radius 1 is 0.950 bits per heavy atom. The van der Waals surface area contributed by atoms with Crippen molar-refractivity contribution in [3.05, 3.63) is 70.8 Å². The minimum absolute atomic E-state index is 0.142. The molecular weight excluding hydrogens is 258 g/mol. The standard InChI is InChI=1S/C17H16F2O/c18-14-6-3-7-15(19)16(14)17(20)13-9-8-11-4-1-2-5-12(11)10-13/h1-7,13,17,20H,8-10H2. The van der Waals surface area contributed by atoms with E-state index in [2.05, 4.69) is 6.07 Å². The number of aliphatic hydroxyl groups excluding tert-OH is 1. The highest BCUT2D eigenvalue weighted by molar-refractivity contribution is 5.31. The summed E-state index contributed by atoms with van der Waals surface area (Å²) in [4.78, 5) is 0. The van der Waals surface area contributed by atoms with Crippen molar-refractivity contribution in [2.45, 2.75) is 25.4 Å². The minimum Gasteiger partial charge on any atom is -0.388 e. The molecule has 0 radical (unpaired) electrons. The van der Waals surface area contributed by atoms with Gasteiger partial charge in [0.1, 0.15) is 11.6 Å². The van der Waals surface area contributed by atoms with Gasteiger partial charge in [0.15, 0.2) is 0 Å². The predicted molar refractivity (Wildman–Crippen MR) is 73.3 cm³/mol. The number of rotatable bonds is 2. The second-order valence-electron chi connectivity index (χ2n) is 5.35. The first-order chi connectivity index (χ1) is 9.66. The van der Waals surface area contributed by atoms with Crippen LogP contribution in [-0.2, 0) is 12.8 Å². The molecule has 2 aromatic carbocycles. The van der Waals surface area contributed by atoms with Crippen molar-refractivity contribution in [2.24, 2.45) is 5.92 Å². The number of aliphatic hydroxyl groups is 1. The lowest BCUT2D eigenvalue weighted by Crippen LogP contribution is -2.22. The molecule has 1 aliphatic rings. The van der Waals surface area contributed by atoms with Gasteiger partial charge in [-0.3, -0.25) is 0 Å². The van der Waals surface area contributed by atoms with E-state index in [4.69, 9.17) is 0 Å². The van der Waals surface area contributed by atoms with E-state index in [0.717, 1.165) is 12.8 Å². The van der Waals surface area contributed by atoms with E-state index in [-0.39, 0.29) is 11.5 Å². The summed E-state index contributed by atoms with van der Waals surface area (Å²) in [6.45, 7) is 0. The number of hydrogen-bond donors (Lipinski definition) is 1. The summed E-state index contributed by atoms with van der Waals surface area (Å²) < 4.78 is 27.5. The number of benzene rings is 2. The molecule has 3 rings (SSSR count). The highest BCUT2D eigenvalue weighted by Gasteiger charge is 2.29. The van der Waals surface area contributed by atoms with E-state index in [0.29, 0.717) is 6.42 Å². The molecule has 20 heavy (non-hydrogen) atoms. The van der Waals surface area contributed by atoms with Crippen LogP contribution < -0.4 is 0 Å². The highest BCUT2D eigenvalue weighted by Crippen LogP contribution is 2.35. The van der Waals surface area contributed by atoms with Gasteiger partial charge in [0.2, 0.25) is 0 Å². The summed E-state index contributed by atoms with van der Waals surface area (Å²) in [5, 5.41) is 10.4. The van der Waals surface area contributed by atoms with Gasteiger partial charge in [-0.1, -0.05) is 30.3 Å². The molecule has 0 saturated carbocycles. The zero-order valence-corrected chi connectivity index (χ0v) is 11.0. The maximum atomic E-state index is 13.8. The molecule has 0 fully saturated rings. The Bertz CT molecular complexity index is 604. The molecule has 0 aromatic heterocycles. The molecule has 0 bridgehead atoms. The van der Waals surface area contributed by atoms with Crippen LogP contribution in [0.4, 0.5) is 8.78 Å². The fourth-order valence-corrected chi connectivity index (χ4v) is 3.02. The molecule has 0 amide bonds. The molecule has 2 aromatic rings. The lowest BCUT2D eigenvalue weighted by atomic mass is 9.79. The van der Waals surface area contributed by atoms with E-state index in [9.17, 15) is 13.9 Å².